The molecule has 5 heteroatoms. The highest BCUT2D eigenvalue weighted by atomic mass is 16.5. The first-order valence-corrected chi connectivity index (χ1v) is 7.36. The Morgan fingerprint density at radius 2 is 2.19 bits per heavy atom. The predicted octanol–water partition coefficient (Wildman–Crippen LogP) is 1.45. The van der Waals surface area contributed by atoms with Crippen LogP contribution in [0.5, 0.6) is 0 Å². The number of ether oxygens (including phenoxy) is 2. The zero-order valence-electron chi connectivity index (χ0n) is 12.0. The van der Waals surface area contributed by atoms with Gasteiger partial charge in [0, 0.05) is 13.0 Å². The number of carbonyl (C=O) groups excluding carboxylic acids is 2. The highest BCUT2D eigenvalue weighted by Crippen LogP contribution is 2.21. The van der Waals surface area contributed by atoms with E-state index in [4.69, 9.17) is 9.47 Å². The molecular formula is C16H19NO4. The summed E-state index contributed by atoms with van der Waals surface area (Å²) in [4.78, 5) is 24.2. The molecule has 0 aromatic heterocycles. The van der Waals surface area contributed by atoms with E-state index in [1.54, 1.807) is 12.1 Å². The first-order valence-electron chi connectivity index (χ1n) is 7.36. The third-order valence-corrected chi connectivity index (χ3v) is 4.08. The normalized spacial score (nSPS) is 25.9. The lowest BCUT2D eigenvalue weighted by Crippen LogP contribution is -2.48. The predicted molar refractivity (Wildman–Crippen MR) is 75.9 cm³/mol. The Balaban J connectivity index is 1.65. The van der Waals surface area contributed by atoms with Crippen molar-refractivity contribution in [3.8, 4) is 0 Å². The van der Waals surface area contributed by atoms with Gasteiger partial charge in [-0.1, -0.05) is 18.2 Å². The monoisotopic (exact) mass is 289 g/mol. The lowest BCUT2D eigenvalue weighted by molar-refractivity contribution is -0.131. The maximum atomic E-state index is 12.3. The maximum absolute atomic E-state index is 12.3. The van der Waals surface area contributed by atoms with E-state index in [0.717, 1.165) is 25.0 Å². The first-order chi connectivity index (χ1) is 10.1. The van der Waals surface area contributed by atoms with E-state index in [1.807, 2.05) is 19.1 Å². The molecule has 2 aliphatic rings. The van der Waals surface area contributed by atoms with Crippen LogP contribution in [-0.2, 0) is 20.7 Å². The Kier molecular flexibility index (Phi) is 3.92. The molecular weight excluding hydrogens is 270 g/mol. The average Bonchev–Trinajstić information content (AvgIpc) is 3.01. The number of hydrogen-bond donors (Lipinski definition) is 1. The smallest absolute Gasteiger partial charge is 0.339 e. The average molecular weight is 289 g/mol. The molecule has 3 unspecified atom stereocenters. The van der Waals surface area contributed by atoms with E-state index in [9.17, 15) is 9.59 Å². The molecule has 21 heavy (non-hydrogen) atoms. The molecule has 5 nitrogen and oxygen atoms in total. The molecule has 1 amide bonds. The van der Waals surface area contributed by atoms with Crippen LogP contribution in [0.3, 0.4) is 0 Å². The van der Waals surface area contributed by atoms with Crippen LogP contribution in [0.2, 0.25) is 0 Å². The van der Waals surface area contributed by atoms with Crippen LogP contribution in [0.25, 0.3) is 0 Å². The summed E-state index contributed by atoms with van der Waals surface area (Å²) in [5, 5.41) is 2.90. The van der Waals surface area contributed by atoms with Crippen molar-refractivity contribution >= 4 is 11.9 Å². The number of fused-ring (bicyclic) bond motifs is 1. The molecule has 0 radical (unpaired) electrons. The lowest BCUT2D eigenvalue weighted by atomic mass is 9.98. The zero-order valence-corrected chi connectivity index (χ0v) is 12.0. The Bertz CT molecular complexity index is 551. The fraction of sp³-hybridized carbons (Fsp3) is 0.500. The molecule has 2 aliphatic heterocycles. The van der Waals surface area contributed by atoms with Crippen molar-refractivity contribution in [3.63, 3.8) is 0 Å². The van der Waals surface area contributed by atoms with Crippen molar-refractivity contribution in [2.75, 3.05) is 6.61 Å². The number of carbonyl (C=O) groups is 2. The van der Waals surface area contributed by atoms with Crippen LogP contribution < -0.4 is 5.32 Å². The Morgan fingerprint density at radius 1 is 1.38 bits per heavy atom. The summed E-state index contributed by atoms with van der Waals surface area (Å²) in [7, 11) is 0. The van der Waals surface area contributed by atoms with E-state index in [1.165, 1.54) is 0 Å². The van der Waals surface area contributed by atoms with Gasteiger partial charge in [0.05, 0.1) is 17.7 Å². The van der Waals surface area contributed by atoms with Gasteiger partial charge in [0.25, 0.3) is 5.91 Å². The molecule has 1 aromatic carbocycles. The van der Waals surface area contributed by atoms with Gasteiger partial charge >= 0.3 is 5.97 Å². The number of benzene rings is 1. The molecule has 0 saturated carbocycles. The van der Waals surface area contributed by atoms with E-state index in [2.05, 4.69) is 5.32 Å². The summed E-state index contributed by atoms with van der Waals surface area (Å²) in [5.41, 5.74) is 1.41. The van der Waals surface area contributed by atoms with Gasteiger partial charge < -0.3 is 14.8 Å². The molecule has 1 aromatic rings. The molecule has 0 aliphatic carbocycles. The van der Waals surface area contributed by atoms with Crippen LogP contribution in [-0.4, -0.2) is 36.7 Å². The van der Waals surface area contributed by atoms with Crippen LogP contribution in [0, 0.1) is 0 Å². The molecule has 3 rings (SSSR count). The highest BCUT2D eigenvalue weighted by Gasteiger charge is 2.33. The van der Waals surface area contributed by atoms with Gasteiger partial charge in [-0.25, -0.2) is 4.79 Å². The topological polar surface area (TPSA) is 64.6 Å². The third kappa shape index (κ3) is 2.93. The number of rotatable bonds is 3. The number of cyclic esters (lactones) is 1. The summed E-state index contributed by atoms with van der Waals surface area (Å²) in [6, 6.07) is 7.16. The van der Waals surface area contributed by atoms with Crippen LogP contribution in [0.15, 0.2) is 24.3 Å². The van der Waals surface area contributed by atoms with E-state index < -0.39 is 12.1 Å². The van der Waals surface area contributed by atoms with E-state index >= 15 is 0 Å². The third-order valence-electron chi connectivity index (χ3n) is 4.08. The molecule has 1 N–H and O–H groups in total. The molecule has 112 valence electrons. The fourth-order valence-corrected chi connectivity index (χ4v) is 2.88. The number of nitrogens with one attached hydrogen (secondary N) is 1. The van der Waals surface area contributed by atoms with Gasteiger partial charge in [-0.3, -0.25) is 4.79 Å². The SMILES string of the molecule is CC(NC(=O)C1Cc2ccccc2C(=O)O1)C1CCCO1. The molecule has 2 heterocycles. The quantitative estimate of drug-likeness (QED) is 0.855. The second-order valence-corrected chi connectivity index (χ2v) is 5.60. The molecule has 0 spiro atoms. The van der Waals surface area contributed by atoms with Crippen molar-refractivity contribution in [2.45, 2.75) is 44.4 Å². The van der Waals surface area contributed by atoms with Gasteiger partial charge in [-0.2, -0.15) is 0 Å². The van der Waals surface area contributed by atoms with Crippen molar-refractivity contribution in [1.82, 2.24) is 5.32 Å². The van der Waals surface area contributed by atoms with Crippen molar-refractivity contribution in [3.05, 3.63) is 35.4 Å². The molecule has 1 saturated heterocycles. The summed E-state index contributed by atoms with van der Waals surface area (Å²) >= 11 is 0. The zero-order chi connectivity index (χ0) is 14.8. The maximum Gasteiger partial charge on any atom is 0.339 e. The van der Waals surface area contributed by atoms with Gasteiger partial charge in [-0.15, -0.1) is 0 Å². The standard InChI is InChI=1S/C16H19NO4/c1-10(13-7-4-8-20-13)17-15(18)14-9-11-5-2-3-6-12(11)16(19)21-14/h2-3,5-6,10,13-14H,4,7-9H2,1H3,(H,17,18). The van der Waals surface area contributed by atoms with Gasteiger partial charge in [0.2, 0.25) is 0 Å². The van der Waals surface area contributed by atoms with E-state index in [0.29, 0.717) is 12.0 Å². The van der Waals surface area contributed by atoms with E-state index in [-0.39, 0.29) is 18.1 Å². The summed E-state index contributed by atoms with van der Waals surface area (Å²) < 4.78 is 10.8. The number of hydrogen-bond acceptors (Lipinski definition) is 4. The fourth-order valence-electron chi connectivity index (χ4n) is 2.88. The number of esters is 1. The van der Waals surface area contributed by atoms with Gasteiger partial charge in [0.15, 0.2) is 6.10 Å². The Labute approximate surface area is 123 Å². The van der Waals surface area contributed by atoms with Crippen LogP contribution in [0.1, 0.15) is 35.7 Å². The van der Waals surface area contributed by atoms with Crippen molar-refractivity contribution in [1.29, 1.82) is 0 Å². The summed E-state index contributed by atoms with van der Waals surface area (Å²) in [5.74, 6) is -0.678. The largest absolute Gasteiger partial charge is 0.448 e. The Hall–Kier alpha value is -1.88. The number of amides is 1. The van der Waals surface area contributed by atoms with Gasteiger partial charge in [-0.05, 0) is 31.4 Å². The summed E-state index contributed by atoms with van der Waals surface area (Å²) in [6.07, 6.45) is 1.70. The Morgan fingerprint density at radius 3 is 2.95 bits per heavy atom. The van der Waals surface area contributed by atoms with Crippen LogP contribution >= 0.6 is 0 Å². The van der Waals surface area contributed by atoms with Crippen LogP contribution in [0.4, 0.5) is 0 Å². The second kappa shape index (κ2) is 5.85. The lowest BCUT2D eigenvalue weighted by Gasteiger charge is -2.26. The summed E-state index contributed by atoms with van der Waals surface area (Å²) in [6.45, 7) is 2.67. The highest BCUT2D eigenvalue weighted by molar-refractivity contribution is 5.95. The first kappa shape index (κ1) is 14.1. The second-order valence-electron chi connectivity index (χ2n) is 5.60. The minimum atomic E-state index is -0.753. The van der Waals surface area contributed by atoms with Crippen molar-refractivity contribution < 1.29 is 19.1 Å². The molecule has 0 bridgehead atoms. The molecule has 1 fully saturated rings. The minimum Gasteiger partial charge on any atom is -0.448 e. The van der Waals surface area contributed by atoms with Crippen molar-refractivity contribution in [2.24, 2.45) is 0 Å². The van der Waals surface area contributed by atoms with Gasteiger partial charge in [0.1, 0.15) is 0 Å². The minimum absolute atomic E-state index is 0.0560. The molecule has 3 atom stereocenters.